The molecule has 2 rings (SSSR count). The first-order chi connectivity index (χ1) is 9.91. The maximum absolute atomic E-state index is 9.30. The average Bonchev–Trinajstić information content (AvgIpc) is 2.48. The summed E-state index contributed by atoms with van der Waals surface area (Å²) in [7, 11) is 0. The second kappa shape index (κ2) is 8.16. The number of aromatic hydroxyl groups is 2. The van der Waals surface area contributed by atoms with Crippen molar-refractivity contribution in [3.8, 4) is 11.5 Å². The Morgan fingerprint density at radius 2 is 1.00 bits per heavy atom. The molecule has 2 nitrogen and oxygen atoms in total. The minimum Gasteiger partial charge on any atom is -0.508 e. The second-order valence-corrected chi connectivity index (χ2v) is 5.85. The van der Waals surface area contributed by atoms with Gasteiger partial charge in [0, 0.05) is 17.2 Å². The predicted molar refractivity (Wildman–Crippen MR) is 89.8 cm³/mol. The van der Waals surface area contributed by atoms with Crippen LogP contribution in [0.1, 0.15) is 25.0 Å². The molecule has 0 unspecified atom stereocenters. The van der Waals surface area contributed by atoms with Crippen LogP contribution in [-0.4, -0.2) is 22.0 Å². The number of alkyl halides is 2. The summed E-state index contributed by atoms with van der Waals surface area (Å²) in [6.07, 6.45) is 0. The second-order valence-electron chi connectivity index (χ2n) is 5.10. The number of halogens is 2. The molecule has 0 spiro atoms. The lowest BCUT2D eigenvalue weighted by atomic mass is 9.78. The van der Waals surface area contributed by atoms with E-state index in [9.17, 15) is 10.2 Å². The van der Waals surface area contributed by atoms with E-state index in [1.807, 2.05) is 24.3 Å². The Kier molecular flexibility index (Phi) is 6.86. The Morgan fingerprint density at radius 1 is 0.714 bits per heavy atom. The normalized spacial score (nSPS) is 10.7. The molecule has 2 N–H and O–H groups in total. The van der Waals surface area contributed by atoms with E-state index in [4.69, 9.17) is 23.2 Å². The molecule has 0 amide bonds. The van der Waals surface area contributed by atoms with Crippen molar-refractivity contribution in [1.82, 2.24) is 0 Å². The van der Waals surface area contributed by atoms with E-state index in [1.54, 1.807) is 24.3 Å². The molecule has 0 saturated heterocycles. The maximum Gasteiger partial charge on any atom is 0.115 e. The van der Waals surface area contributed by atoms with Gasteiger partial charge in [-0.05, 0) is 35.4 Å². The van der Waals surface area contributed by atoms with Crippen LogP contribution in [0.4, 0.5) is 0 Å². The summed E-state index contributed by atoms with van der Waals surface area (Å²) in [5, 5.41) is 18.6. The van der Waals surface area contributed by atoms with Gasteiger partial charge in [0.2, 0.25) is 0 Å². The molecular weight excluding hydrogens is 307 g/mol. The summed E-state index contributed by atoms with van der Waals surface area (Å²) in [5.41, 5.74) is 2.10. The Labute approximate surface area is 136 Å². The lowest BCUT2D eigenvalue weighted by Crippen LogP contribution is -2.18. The first-order valence-corrected chi connectivity index (χ1v) is 7.69. The molecule has 0 radical (unpaired) electrons. The van der Waals surface area contributed by atoms with Gasteiger partial charge in [-0.2, -0.15) is 0 Å². The number of hydrogen-bond donors (Lipinski definition) is 2. The fourth-order valence-electron chi connectivity index (χ4n) is 1.92. The molecular formula is C17H20Cl2O2. The zero-order valence-corrected chi connectivity index (χ0v) is 13.7. The number of phenols is 2. The van der Waals surface area contributed by atoms with Crippen molar-refractivity contribution in [3.05, 3.63) is 59.7 Å². The van der Waals surface area contributed by atoms with Crippen molar-refractivity contribution < 1.29 is 10.2 Å². The van der Waals surface area contributed by atoms with Gasteiger partial charge in [0.05, 0.1) is 0 Å². The van der Waals surface area contributed by atoms with Crippen molar-refractivity contribution in [2.75, 3.05) is 11.8 Å². The van der Waals surface area contributed by atoms with E-state index < -0.39 is 0 Å². The molecule has 21 heavy (non-hydrogen) atoms. The Morgan fingerprint density at radius 3 is 1.24 bits per heavy atom. The van der Waals surface area contributed by atoms with Crippen LogP contribution in [0.25, 0.3) is 0 Å². The molecule has 114 valence electrons. The van der Waals surface area contributed by atoms with Crippen molar-refractivity contribution in [2.24, 2.45) is 0 Å². The van der Waals surface area contributed by atoms with Gasteiger partial charge in [-0.25, -0.2) is 0 Å². The van der Waals surface area contributed by atoms with Gasteiger partial charge in [-0.3, -0.25) is 0 Å². The van der Waals surface area contributed by atoms with E-state index in [-0.39, 0.29) is 16.9 Å². The molecule has 0 aromatic heterocycles. The molecule has 0 fully saturated rings. The van der Waals surface area contributed by atoms with E-state index in [2.05, 4.69) is 13.8 Å². The van der Waals surface area contributed by atoms with Gasteiger partial charge in [0.15, 0.2) is 0 Å². The summed E-state index contributed by atoms with van der Waals surface area (Å²) in [6, 6.07) is 14.4. The standard InChI is InChI=1S/C15H16O2.C2H4Cl2/c1-15(2,11-3-7-13(16)8-4-11)12-5-9-14(17)10-6-12;3-1-2-4/h3-10,16-17H,1-2H3;1-2H2. The number of benzene rings is 2. The fourth-order valence-corrected chi connectivity index (χ4v) is 1.92. The quantitative estimate of drug-likeness (QED) is 0.788. The molecule has 0 heterocycles. The van der Waals surface area contributed by atoms with Gasteiger partial charge < -0.3 is 10.2 Å². The summed E-state index contributed by atoms with van der Waals surface area (Å²) < 4.78 is 0. The minimum absolute atomic E-state index is 0.151. The van der Waals surface area contributed by atoms with Crippen molar-refractivity contribution >= 4 is 23.2 Å². The lowest BCUT2D eigenvalue weighted by molar-refractivity contribution is 0.474. The highest BCUT2D eigenvalue weighted by Gasteiger charge is 2.22. The summed E-state index contributed by atoms with van der Waals surface area (Å²) >= 11 is 10.1. The third-order valence-electron chi connectivity index (χ3n) is 3.25. The minimum atomic E-state index is -0.151. The molecule has 2 aromatic carbocycles. The first kappa shape index (κ1) is 17.7. The molecule has 0 aliphatic heterocycles. The lowest BCUT2D eigenvalue weighted by Gasteiger charge is -2.26. The van der Waals surface area contributed by atoms with Crippen LogP contribution in [-0.2, 0) is 5.41 Å². The zero-order chi connectivity index (χ0) is 15.9. The van der Waals surface area contributed by atoms with E-state index in [1.165, 1.54) is 0 Å². The third-order valence-corrected chi connectivity index (χ3v) is 3.82. The topological polar surface area (TPSA) is 40.5 Å². The monoisotopic (exact) mass is 326 g/mol. The van der Waals surface area contributed by atoms with Crippen molar-refractivity contribution in [3.63, 3.8) is 0 Å². The first-order valence-electron chi connectivity index (χ1n) is 6.62. The van der Waals surface area contributed by atoms with Gasteiger partial charge in [-0.15, -0.1) is 23.2 Å². The number of phenolic OH excluding ortho intramolecular Hbond substituents is 2. The summed E-state index contributed by atoms with van der Waals surface area (Å²) in [5.74, 6) is 1.66. The van der Waals surface area contributed by atoms with Crippen LogP contribution in [0, 0.1) is 0 Å². The molecule has 0 saturated carbocycles. The maximum atomic E-state index is 9.30. The molecule has 0 aliphatic rings. The van der Waals surface area contributed by atoms with Gasteiger partial charge in [0.1, 0.15) is 11.5 Å². The molecule has 4 heteroatoms. The third kappa shape index (κ3) is 5.14. The molecule has 2 aromatic rings. The van der Waals surface area contributed by atoms with Crippen LogP contribution >= 0.6 is 23.2 Å². The van der Waals surface area contributed by atoms with Gasteiger partial charge in [-0.1, -0.05) is 38.1 Å². The zero-order valence-electron chi connectivity index (χ0n) is 12.2. The van der Waals surface area contributed by atoms with Crippen LogP contribution in [0.3, 0.4) is 0 Å². The smallest absolute Gasteiger partial charge is 0.115 e. The van der Waals surface area contributed by atoms with Gasteiger partial charge in [0.25, 0.3) is 0 Å². The van der Waals surface area contributed by atoms with E-state index in [0.29, 0.717) is 11.8 Å². The van der Waals surface area contributed by atoms with Crippen molar-refractivity contribution in [2.45, 2.75) is 19.3 Å². The van der Waals surface area contributed by atoms with E-state index >= 15 is 0 Å². The predicted octanol–water partition coefficient (Wildman–Crippen LogP) is 4.89. The number of hydrogen-bond acceptors (Lipinski definition) is 2. The summed E-state index contributed by atoms with van der Waals surface area (Å²) in [4.78, 5) is 0. The largest absolute Gasteiger partial charge is 0.508 e. The highest BCUT2D eigenvalue weighted by molar-refractivity contribution is 6.25. The highest BCUT2D eigenvalue weighted by Crippen LogP contribution is 2.32. The van der Waals surface area contributed by atoms with Crippen LogP contribution < -0.4 is 0 Å². The average molecular weight is 327 g/mol. The van der Waals surface area contributed by atoms with E-state index in [0.717, 1.165) is 11.1 Å². The molecule has 0 aliphatic carbocycles. The molecule has 0 bridgehead atoms. The van der Waals surface area contributed by atoms with Crippen LogP contribution in [0.5, 0.6) is 11.5 Å². The Bertz CT molecular complexity index is 484. The SMILES string of the molecule is CC(C)(c1ccc(O)cc1)c1ccc(O)cc1.ClCCCl. The number of rotatable bonds is 3. The highest BCUT2D eigenvalue weighted by atomic mass is 35.5. The fraction of sp³-hybridized carbons (Fsp3) is 0.294. The van der Waals surface area contributed by atoms with Crippen LogP contribution in [0.15, 0.2) is 48.5 Å². The van der Waals surface area contributed by atoms with Gasteiger partial charge >= 0.3 is 0 Å². The Hall–Kier alpha value is -1.38. The molecule has 0 atom stereocenters. The summed E-state index contributed by atoms with van der Waals surface area (Å²) in [6.45, 7) is 4.23. The van der Waals surface area contributed by atoms with Crippen LogP contribution in [0.2, 0.25) is 0 Å². The van der Waals surface area contributed by atoms with Crippen molar-refractivity contribution in [1.29, 1.82) is 0 Å². The Balaban J connectivity index is 0.000000491.